The molecule has 0 heterocycles. The second-order valence-electron chi connectivity index (χ2n) is 3.57. The fourth-order valence-corrected chi connectivity index (χ4v) is 1.11. The first-order valence-corrected chi connectivity index (χ1v) is 5.02. The molecule has 5 nitrogen and oxygen atoms in total. The monoisotopic (exact) mass is 222 g/mol. The molecule has 0 rings (SSSR count). The summed E-state index contributed by atoms with van der Waals surface area (Å²) in [6, 6.07) is 0. The predicted octanol–water partition coefficient (Wildman–Crippen LogP) is -0.205. The van der Waals surface area contributed by atoms with Gasteiger partial charge in [0, 0.05) is 14.2 Å². The van der Waals surface area contributed by atoms with Crippen molar-refractivity contribution < 1.29 is 24.4 Å². The minimum absolute atomic E-state index is 0.279. The first-order valence-electron chi connectivity index (χ1n) is 5.02. The lowest BCUT2D eigenvalue weighted by molar-refractivity contribution is -0.0918. The molecule has 0 saturated heterocycles. The molecular weight excluding hydrogens is 200 g/mol. The van der Waals surface area contributed by atoms with E-state index in [9.17, 15) is 10.2 Å². The normalized spacial score (nSPS) is 19.6. The minimum Gasteiger partial charge on any atom is -0.391 e. The SMILES string of the molecule is COC(COCC(OC)C(C)O)C(C)O. The third-order valence-electron chi connectivity index (χ3n) is 2.25. The van der Waals surface area contributed by atoms with Crippen molar-refractivity contribution in [3.63, 3.8) is 0 Å². The van der Waals surface area contributed by atoms with E-state index in [0.29, 0.717) is 0 Å². The molecule has 0 aromatic heterocycles. The van der Waals surface area contributed by atoms with E-state index in [0.717, 1.165) is 0 Å². The fraction of sp³-hybridized carbons (Fsp3) is 1.00. The molecule has 4 unspecified atom stereocenters. The fourth-order valence-electron chi connectivity index (χ4n) is 1.11. The van der Waals surface area contributed by atoms with E-state index in [4.69, 9.17) is 14.2 Å². The van der Waals surface area contributed by atoms with Gasteiger partial charge < -0.3 is 24.4 Å². The average Bonchev–Trinajstić information content (AvgIpc) is 2.17. The Morgan fingerprint density at radius 3 is 1.40 bits per heavy atom. The highest BCUT2D eigenvalue weighted by atomic mass is 16.6. The summed E-state index contributed by atoms with van der Waals surface area (Å²) < 4.78 is 15.3. The molecule has 0 bridgehead atoms. The highest BCUT2D eigenvalue weighted by molar-refractivity contribution is 4.66. The first-order chi connectivity index (χ1) is 7.02. The van der Waals surface area contributed by atoms with E-state index in [-0.39, 0.29) is 25.4 Å². The van der Waals surface area contributed by atoms with Gasteiger partial charge in [-0.1, -0.05) is 0 Å². The summed E-state index contributed by atoms with van der Waals surface area (Å²) in [4.78, 5) is 0. The van der Waals surface area contributed by atoms with Gasteiger partial charge in [-0.2, -0.15) is 0 Å². The zero-order chi connectivity index (χ0) is 11.8. The van der Waals surface area contributed by atoms with E-state index in [1.807, 2.05) is 0 Å². The first kappa shape index (κ1) is 14.8. The van der Waals surface area contributed by atoms with Crippen molar-refractivity contribution in [2.24, 2.45) is 0 Å². The summed E-state index contributed by atoms with van der Waals surface area (Å²) in [5, 5.41) is 18.5. The third-order valence-corrected chi connectivity index (χ3v) is 2.25. The second kappa shape index (κ2) is 8.01. The molecule has 0 amide bonds. The standard InChI is InChI=1S/C10H22O5/c1-7(11)9(13-3)5-15-6-10(14-4)8(2)12/h7-12H,5-6H2,1-4H3. The van der Waals surface area contributed by atoms with Crippen LogP contribution in [-0.2, 0) is 14.2 Å². The summed E-state index contributed by atoms with van der Waals surface area (Å²) in [6.45, 7) is 3.83. The summed E-state index contributed by atoms with van der Waals surface area (Å²) in [5.74, 6) is 0. The molecule has 0 fully saturated rings. The van der Waals surface area contributed by atoms with Gasteiger partial charge in [0.15, 0.2) is 0 Å². The highest BCUT2D eigenvalue weighted by Crippen LogP contribution is 2.02. The average molecular weight is 222 g/mol. The summed E-state index contributed by atoms with van der Waals surface area (Å²) in [6.07, 6.45) is -1.86. The number of aliphatic hydroxyl groups is 2. The Morgan fingerprint density at radius 1 is 0.867 bits per heavy atom. The predicted molar refractivity (Wildman–Crippen MR) is 55.8 cm³/mol. The molecule has 0 aromatic carbocycles. The van der Waals surface area contributed by atoms with Gasteiger partial charge in [-0.15, -0.1) is 0 Å². The molecule has 92 valence electrons. The van der Waals surface area contributed by atoms with E-state index >= 15 is 0 Å². The smallest absolute Gasteiger partial charge is 0.106 e. The minimum atomic E-state index is -0.581. The number of methoxy groups -OCH3 is 2. The molecule has 15 heavy (non-hydrogen) atoms. The molecule has 0 spiro atoms. The highest BCUT2D eigenvalue weighted by Gasteiger charge is 2.17. The molecule has 0 radical (unpaired) electrons. The molecule has 5 heteroatoms. The summed E-state index contributed by atoms with van der Waals surface area (Å²) in [5.41, 5.74) is 0. The third kappa shape index (κ3) is 6.06. The number of ether oxygens (including phenoxy) is 3. The number of aliphatic hydroxyl groups excluding tert-OH is 2. The van der Waals surface area contributed by atoms with Crippen LogP contribution in [0.4, 0.5) is 0 Å². The lowest BCUT2D eigenvalue weighted by Gasteiger charge is -2.21. The van der Waals surface area contributed by atoms with Gasteiger partial charge in [-0.05, 0) is 13.8 Å². The maximum atomic E-state index is 9.26. The molecule has 0 saturated carbocycles. The summed E-state index contributed by atoms with van der Waals surface area (Å²) in [7, 11) is 3.03. The van der Waals surface area contributed by atoms with Gasteiger partial charge in [0.1, 0.15) is 12.2 Å². The van der Waals surface area contributed by atoms with Crippen molar-refractivity contribution in [3.8, 4) is 0 Å². The molecule has 0 aliphatic carbocycles. The van der Waals surface area contributed by atoms with E-state index in [1.54, 1.807) is 13.8 Å². The van der Waals surface area contributed by atoms with Gasteiger partial charge in [0.2, 0.25) is 0 Å². The van der Waals surface area contributed by atoms with Crippen LogP contribution in [0.25, 0.3) is 0 Å². The van der Waals surface area contributed by atoms with Crippen molar-refractivity contribution in [3.05, 3.63) is 0 Å². The van der Waals surface area contributed by atoms with Crippen molar-refractivity contribution >= 4 is 0 Å². The van der Waals surface area contributed by atoms with Crippen LogP contribution in [0.15, 0.2) is 0 Å². The van der Waals surface area contributed by atoms with Crippen LogP contribution in [0.1, 0.15) is 13.8 Å². The van der Waals surface area contributed by atoms with Gasteiger partial charge in [-0.25, -0.2) is 0 Å². The maximum absolute atomic E-state index is 9.26. The van der Waals surface area contributed by atoms with Crippen LogP contribution in [-0.4, -0.2) is 62.1 Å². The van der Waals surface area contributed by atoms with Crippen LogP contribution in [0, 0.1) is 0 Å². The van der Waals surface area contributed by atoms with Crippen LogP contribution in [0.5, 0.6) is 0 Å². The van der Waals surface area contributed by atoms with E-state index in [2.05, 4.69) is 0 Å². The molecule has 0 aromatic rings. The van der Waals surface area contributed by atoms with Gasteiger partial charge >= 0.3 is 0 Å². The number of rotatable bonds is 8. The van der Waals surface area contributed by atoms with Crippen molar-refractivity contribution in [2.45, 2.75) is 38.3 Å². The van der Waals surface area contributed by atoms with Crippen molar-refractivity contribution in [1.29, 1.82) is 0 Å². The zero-order valence-electron chi connectivity index (χ0n) is 9.84. The maximum Gasteiger partial charge on any atom is 0.106 e. The molecule has 2 N–H and O–H groups in total. The van der Waals surface area contributed by atoms with E-state index in [1.165, 1.54) is 14.2 Å². The quantitative estimate of drug-likeness (QED) is 0.595. The van der Waals surface area contributed by atoms with Crippen LogP contribution < -0.4 is 0 Å². The van der Waals surface area contributed by atoms with Gasteiger partial charge in [0.25, 0.3) is 0 Å². The molecule has 0 aliphatic rings. The van der Waals surface area contributed by atoms with Gasteiger partial charge in [-0.3, -0.25) is 0 Å². The Morgan fingerprint density at radius 2 is 1.20 bits per heavy atom. The number of hydrogen-bond donors (Lipinski definition) is 2. The Kier molecular flexibility index (Phi) is 7.90. The second-order valence-corrected chi connectivity index (χ2v) is 3.57. The van der Waals surface area contributed by atoms with Crippen molar-refractivity contribution in [2.75, 3.05) is 27.4 Å². The lowest BCUT2D eigenvalue weighted by Crippen LogP contribution is -2.34. The van der Waals surface area contributed by atoms with Gasteiger partial charge in [0.05, 0.1) is 25.4 Å². The van der Waals surface area contributed by atoms with Crippen LogP contribution in [0.2, 0.25) is 0 Å². The lowest BCUT2D eigenvalue weighted by atomic mass is 10.2. The Hall–Kier alpha value is -0.200. The molecular formula is C10H22O5. The van der Waals surface area contributed by atoms with E-state index < -0.39 is 12.2 Å². The van der Waals surface area contributed by atoms with Crippen LogP contribution >= 0.6 is 0 Å². The Bertz CT molecular complexity index is 133. The largest absolute Gasteiger partial charge is 0.391 e. The number of hydrogen-bond acceptors (Lipinski definition) is 5. The zero-order valence-corrected chi connectivity index (χ0v) is 9.84. The Labute approximate surface area is 91.0 Å². The topological polar surface area (TPSA) is 68.2 Å². The molecule has 4 atom stereocenters. The molecule has 0 aliphatic heterocycles. The summed E-state index contributed by atoms with van der Waals surface area (Å²) >= 11 is 0. The van der Waals surface area contributed by atoms with Crippen LogP contribution in [0.3, 0.4) is 0 Å². The van der Waals surface area contributed by atoms with Crippen molar-refractivity contribution in [1.82, 2.24) is 0 Å². The Balaban J connectivity index is 3.75.